The number of anilines is 2. The van der Waals surface area contributed by atoms with Crippen molar-refractivity contribution in [1.29, 1.82) is 0 Å². The van der Waals surface area contributed by atoms with Gasteiger partial charge in [0, 0.05) is 41.6 Å². The third kappa shape index (κ3) is 4.37. The van der Waals surface area contributed by atoms with E-state index in [0.717, 1.165) is 52.4 Å². The molecule has 0 spiro atoms. The van der Waals surface area contributed by atoms with Crippen LogP contribution in [0.15, 0.2) is 72.9 Å². The van der Waals surface area contributed by atoms with Crippen molar-refractivity contribution in [3.8, 4) is 5.75 Å². The predicted octanol–water partition coefficient (Wildman–Crippen LogP) is 5.99. The second-order valence-corrected chi connectivity index (χ2v) is 7.77. The van der Waals surface area contributed by atoms with Gasteiger partial charge in [0.15, 0.2) is 5.75 Å². The van der Waals surface area contributed by atoms with E-state index in [1.54, 1.807) is 13.3 Å². The Morgan fingerprint density at radius 1 is 0.938 bits per heavy atom. The van der Waals surface area contributed by atoms with Crippen molar-refractivity contribution in [1.82, 2.24) is 9.97 Å². The van der Waals surface area contributed by atoms with Crippen LogP contribution in [-0.2, 0) is 0 Å². The van der Waals surface area contributed by atoms with Gasteiger partial charge in [-0.2, -0.15) is 0 Å². The number of hydrogen-bond donors (Lipinski definition) is 1. The maximum atomic E-state index is 5.92. The topological polar surface area (TPSA) is 50.3 Å². The fourth-order valence-corrected chi connectivity index (χ4v) is 4.12. The normalized spacial score (nSPS) is 11.9. The predicted molar refractivity (Wildman–Crippen MR) is 133 cm³/mol. The van der Waals surface area contributed by atoms with Gasteiger partial charge >= 0.3 is 0 Å². The first-order valence-corrected chi connectivity index (χ1v) is 11.1. The van der Waals surface area contributed by atoms with Gasteiger partial charge in [0.25, 0.3) is 0 Å². The van der Waals surface area contributed by atoms with Gasteiger partial charge in [0.2, 0.25) is 0 Å². The molecule has 0 saturated heterocycles. The molecule has 0 bridgehead atoms. The number of methoxy groups -OCH3 is 1. The molecule has 5 nitrogen and oxygen atoms in total. The highest BCUT2D eigenvalue weighted by Crippen LogP contribution is 2.37. The molecule has 2 aromatic heterocycles. The summed E-state index contributed by atoms with van der Waals surface area (Å²) >= 11 is 0. The first-order chi connectivity index (χ1) is 15.6. The summed E-state index contributed by atoms with van der Waals surface area (Å²) in [6, 6.07) is 22.8. The Balaban J connectivity index is 1.83. The van der Waals surface area contributed by atoms with E-state index in [1.165, 1.54) is 5.69 Å². The zero-order valence-electron chi connectivity index (χ0n) is 19.2. The lowest BCUT2D eigenvalue weighted by atomic mass is 9.95. The molecule has 1 N–H and O–H groups in total. The summed E-state index contributed by atoms with van der Waals surface area (Å²) in [5.41, 5.74) is 5.22. The molecule has 0 aliphatic heterocycles. The molecular formula is C27H30N4O. The molecule has 32 heavy (non-hydrogen) atoms. The summed E-state index contributed by atoms with van der Waals surface area (Å²) in [6.07, 6.45) is 1.80. The van der Waals surface area contributed by atoms with E-state index in [4.69, 9.17) is 9.72 Å². The van der Waals surface area contributed by atoms with E-state index in [2.05, 4.69) is 71.5 Å². The number of fused-ring (bicyclic) bond motifs is 1. The number of nitrogens with zero attached hydrogens (tertiary/aromatic N) is 3. The molecular weight excluding hydrogens is 396 g/mol. The van der Waals surface area contributed by atoms with Crippen LogP contribution in [0.1, 0.15) is 36.7 Å². The largest absolute Gasteiger partial charge is 0.494 e. The van der Waals surface area contributed by atoms with Crippen LogP contribution < -0.4 is 15.0 Å². The van der Waals surface area contributed by atoms with Gasteiger partial charge in [-0.05, 0) is 56.7 Å². The number of pyridine rings is 2. The quantitative estimate of drug-likeness (QED) is 0.375. The maximum Gasteiger partial charge on any atom is 0.150 e. The molecule has 2 heterocycles. The molecule has 4 aromatic rings. The van der Waals surface area contributed by atoms with Crippen molar-refractivity contribution in [2.75, 3.05) is 30.4 Å². The number of aromatic nitrogens is 2. The lowest BCUT2D eigenvalue weighted by molar-refractivity contribution is 0.413. The average molecular weight is 427 g/mol. The molecule has 0 aliphatic carbocycles. The monoisotopic (exact) mass is 426 g/mol. The molecule has 2 aromatic carbocycles. The maximum absolute atomic E-state index is 5.92. The van der Waals surface area contributed by atoms with Gasteiger partial charge in [-0.3, -0.25) is 0 Å². The van der Waals surface area contributed by atoms with Crippen LogP contribution in [0, 0.1) is 6.92 Å². The van der Waals surface area contributed by atoms with E-state index in [1.807, 2.05) is 31.2 Å². The summed E-state index contributed by atoms with van der Waals surface area (Å²) in [5, 5.41) is 4.67. The first-order valence-electron chi connectivity index (χ1n) is 11.1. The number of aryl methyl sites for hydroxylation is 1. The minimum atomic E-state index is -0.141. The highest BCUT2D eigenvalue weighted by atomic mass is 16.5. The van der Waals surface area contributed by atoms with Crippen LogP contribution >= 0.6 is 0 Å². The number of nitrogens with one attached hydrogen (secondary N) is 1. The standard InChI is InChI=1S/C27H30N4O/c1-5-31(6-2)22-15-12-20(13-16-22)25(30-24-9-7-8-18-28-24)23-17-14-21-11-10-19(3)29-26(21)27(23)32-4/h7-18,25H,5-6H2,1-4H3,(H,28,30). The van der Waals surface area contributed by atoms with Crippen molar-refractivity contribution in [2.45, 2.75) is 26.8 Å². The smallest absolute Gasteiger partial charge is 0.150 e. The highest BCUT2D eigenvalue weighted by molar-refractivity contribution is 5.86. The van der Waals surface area contributed by atoms with Crippen LogP contribution in [-0.4, -0.2) is 30.2 Å². The fraction of sp³-hybridized carbons (Fsp3) is 0.259. The van der Waals surface area contributed by atoms with Gasteiger partial charge in [-0.25, -0.2) is 9.97 Å². The average Bonchev–Trinajstić information content (AvgIpc) is 2.84. The van der Waals surface area contributed by atoms with E-state index in [-0.39, 0.29) is 6.04 Å². The molecule has 0 saturated carbocycles. The molecule has 0 fully saturated rings. The van der Waals surface area contributed by atoms with Gasteiger partial charge < -0.3 is 15.0 Å². The van der Waals surface area contributed by atoms with Crippen LogP contribution in [0.2, 0.25) is 0 Å². The zero-order valence-corrected chi connectivity index (χ0v) is 19.2. The zero-order chi connectivity index (χ0) is 22.5. The van der Waals surface area contributed by atoms with Crippen molar-refractivity contribution in [3.05, 3.63) is 89.7 Å². The van der Waals surface area contributed by atoms with Crippen LogP contribution in [0.4, 0.5) is 11.5 Å². The summed E-state index contributed by atoms with van der Waals surface area (Å²) in [6.45, 7) is 8.32. The minimum Gasteiger partial charge on any atom is -0.494 e. The van der Waals surface area contributed by atoms with Crippen molar-refractivity contribution in [2.24, 2.45) is 0 Å². The Bertz CT molecular complexity index is 1170. The minimum absolute atomic E-state index is 0.141. The Morgan fingerprint density at radius 2 is 1.69 bits per heavy atom. The van der Waals surface area contributed by atoms with Crippen molar-refractivity contribution < 1.29 is 4.74 Å². The Labute approximate surface area is 190 Å². The summed E-state index contributed by atoms with van der Waals surface area (Å²) in [4.78, 5) is 11.6. The van der Waals surface area contributed by atoms with Crippen molar-refractivity contribution >= 4 is 22.4 Å². The van der Waals surface area contributed by atoms with Crippen LogP contribution in [0.3, 0.4) is 0 Å². The number of hydrogen-bond acceptors (Lipinski definition) is 5. The Morgan fingerprint density at radius 3 is 2.34 bits per heavy atom. The molecule has 0 amide bonds. The van der Waals surface area contributed by atoms with Gasteiger partial charge in [-0.15, -0.1) is 0 Å². The Kier molecular flexibility index (Phi) is 6.55. The molecule has 1 unspecified atom stereocenters. The fourth-order valence-electron chi connectivity index (χ4n) is 4.12. The first kappa shape index (κ1) is 21.6. The van der Waals surface area contributed by atoms with Gasteiger partial charge in [0.1, 0.15) is 11.3 Å². The SMILES string of the molecule is CCN(CC)c1ccc(C(Nc2ccccn2)c2ccc3ccc(C)nc3c2OC)cc1. The highest BCUT2D eigenvalue weighted by Gasteiger charge is 2.22. The Hall–Kier alpha value is -3.60. The third-order valence-electron chi connectivity index (χ3n) is 5.81. The summed E-state index contributed by atoms with van der Waals surface area (Å²) < 4.78 is 5.92. The van der Waals surface area contributed by atoms with Gasteiger partial charge in [-0.1, -0.05) is 36.4 Å². The summed E-state index contributed by atoms with van der Waals surface area (Å²) in [5.74, 6) is 1.59. The molecule has 0 radical (unpaired) electrons. The second-order valence-electron chi connectivity index (χ2n) is 7.77. The third-order valence-corrected chi connectivity index (χ3v) is 5.81. The second kappa shape index (κ2) is 9.69. The van der Waals surface area contributed by atoms with E-state index in [0.29, 0.717) is 0 Å². The lowest BCUT2D eigenvalue weighted by Gasteiger charge is -2.25. The number of benzene rings is 2. The van der Waals surface area contributed by atoms with E-state index >= 15 is 0 Å². The molecule has 5 heteroatoms. The van der Waals surface area contributed by atoms with Crippen molar-refractivity contribution in [3.63, 3.8) is 0 Å². The van der Waals surface area contributed by atoms with Crippen LogP contribution in [0.25, 0.3) is 10.9 Å². The van der Waals surface area contributed by atoms with Gasteiger partial charge in [0.05, 0.1) is 13.2 Å². The van der Waals surface area contributed by atoms with Crippen LogP contribution in [0.5, 0.6) is 5.75 Å². The summed E-state index contributed by atoms with van der Waals surface area (Å²) in [7, 11) is 1.71. The molecule has 0 aliphatic rings. The molecule has 1 atom stereocenters. The molecule has 4 rings (SSSR count). The molecule has 164 valence electrons. The van der Waals surface area contributed by atoms with E-state index in [9.17, 15) is 0 Å². The number of ether oxygens (including phenoxy) is 1. The van der Waals surface area contributed by atoms with E-state index < -0.39 is 0 Å². The number of rotatable bonds is 8. The lowest BCUT2D eigenvalue weighted by Crippen LogP contribution is -2.22.